The first kappa shape index (κ1) is 16.4. The molecule has 0 unspecified atom stereocenters. The zero-order valence-electron chi connectivity index (χ0n) is 13.6. The van der Waals surface area contributed by atoms with Crippen molar-refractivity contribution >= 4 is 28.4 Å². The predicted octanol–water partition coefficient (Wildman–Crippen LogP) is 4.77. The van der Waals surface area contributed by atoms with Crippen molar-refractivity contribution < 1.29 is 4.79 Å². The standard InChI is InChI=1S/C20H25NOS/c22-20(21-13-16-7-2-1-3-8-16)15-23-14-18-11-6-10-17-9-4-5-12-19(17)18/h4-6,9-12,16H,1-3,7-8,13-15H2,(H,21,22). The first-order valence-corrected chi connectivity index (χ1v) is 9.79. The predicted molar refractivity (Wildman–Crippen MR) is 99.7 cm³/mol. The second-order valence-electron chi connectivity index (χ2n) is 6.44. The Bertz CT molecular complexity index is 644. The van der Waals surface area contributed by atoms with Crippen molar-refractivity contribution in [1.82, 2.24) is 5.32 Å². The van der Waals surface area contributed by atoms with E-state index in [0.717, 1.165) is 12.3 Å². The second-order valence-corrected chi connectivity index (χ2v) is 7.42. The highest BCUT2D eigenvalue weighted by Crippen LogP contribution is 2.24. The van der Waals surface area contributed by atoms with Gasteiger partial charge in [0.2, 0.25) is 5.91 Å². The molecule has 3 heteroatoms. The van der Waals surface area contributed by atoms with Crippen LogP contribution in [0.25, 0.3) is 10.8 Å². The number of benzene rings is 2. The summed E-state index contributed by atoms with van der Waals surface area (Å²) in [7, 11) is 0. The van der Waals surface area contributed by atoms with Gasteiger partial charge in [0.25, 0.3) is 0 Å². The Hall–Kier alpha value is -1.48. The summed E-state index contributed by atoms with van der Waals surface area (Å²) in [5.74, 6) is 2.32. The number of rotatable bonds is 6. The lowest BCUT2D eigenvalue weighted by molar-refractivity contribution is -0.118. The lowest BCUT2D eigenvalue weighted by Gasteiger charge is -2.21. The van der Waals surface area contributed by atoms with E-state index in [1.807, 2.05) is 0 Å². The van der Waals surface area contributed by atoms with E-state index in [4.69, 9.17) is 0 Å². The van der Waals surface area contributed by atoms with Crippen LogP contribution in [0.2, 0.25) is 0 Å². The summed E-state index contributed by atoms with van der Waals surface area (Å²) in [6, 6.07) is 14.8. The van der Waals surface area contributed by atoms with Gasteiger partial charge in [-0.3, -0.25) is 4.79 Å². The summed E-state index contributed by atoms with van der Waals surface area (Å²) >= 11 is 1.70. The fourth-order valence-electron chi connectivity index (χ4n) is 3.37. The van der Waals surface area contributed by atoms with Gasteiger partial charge in [-0.25, -0.2) is 0 Å². The van der Waals surface area contributed by atoms with E-state index >= 15 is 0 Å². The van der Waals surface area contributed by atoms with E-state index in [2.05, 4.69) is 47.8 Å². The van der Waals surface area contributed by atoms with Gasteiger partial charge in [-0.15, -0.1) is 11.8 Å². The summed E-state index contributed by atoms with van der Waals surface area (Å²) in [5.41, 5.74) is 1.31. The molecule has 2 aromatic carbocycles. The van der Waals surface area contributed by atoms with Crippen LogP contribution in [-0.4, -0.2) is 18.2 Å². The maximum Gasteiger partial charge on any atom is 0.230 e. The maximum atomic E-state index is 12.0. The van der Waals surface area contributed by atoms with Gasteiger partial charge in [0.15, 0.2) is 0 Å². The number of carbonyl (C=O) groups is 1. The molecule has 1 N–H and O–H groups in total. The van der Waals surface area contributed by atoms with Crippen LogP contribution in [0.5, 0.6) is 0 Å². The molecule has 1 saturated carbocycles. The molecular weight excluding hydrogens is 302 g/mol. The number of amides is 1. The van der Waals surface area contributed by atoms with Crippen LogP contribution < -0.4 is 5.32 Å². The molecule has 122 valence electrons. The Morgan fingerprint density at radius 1 is 1.04 bits per heavy atom. The van der Waals surface area contributed by atoms with E-state index in [1.54, 1.807) is 11.8 Å². The first-order chi connectivity index (χ1) is 11.3. The average molecular weight is 327 g/mol. The minimum absolute atomic E-state index is 0.181. The molecule has 0 atom stereocenters. The van der Waals surface area contributed by atoms with Gasteiger partial charge in [-0.05, 0) is 35.1 Å². The third kappa shape index (κ3) is 4.74. The number of thioether (sulfide) groups is 1. The largest absolute Gasteiger partial charge is 0.355 e. The normalized spacial score (nSPS) is 15.7. The maximum absolute atomic E-state index is 12.0. The minimum Gasteiger partial charge on any atom is -0.355 e. The Morgan fingerprint density at radius 3 is 2.70 bits per heavy atom. The van der Waals surface area contributed by atoms with Crippen LogP contribution in [0.3, 0.4) is 0 Å². The van der Waals surface area contributed by atoms with Gasteiger partial charge in [-0.1, -0.05) is 61.7 Å². The number of fused-ring (bicyclic) bond motifs is 1. The highest BCUT2D eigenvalue weighted by atomic mass is 32.2. The number of hydrogen-bond acceptors (Lipinski definition) is 2. The summed E-state index contributed by atoms with van der Waals surface area (Å²) in [6.07, 6.45) is 6.59. The molecule has 0 bridgehead atoms. The molecular formula is C20H25NOS. The smallest absolute Gasteiger partial charge is 0.230 e. The fourth-order valence-corrected chi connectivity index (χ4v) is 4.23. The number of nitrogens with one attached hydrogen (secondary N) is 1. The van der Waals surface area contributed by atoms with Crippen LogP contribution in [0, 0.1) is 5.92 Å². The summed E-state index contributed by atoms with van der Waals surface area (Å²) in [5, 5.41) is 5.68. The molecule has 23 heavy (non-hydrogen) atoms. The van der Waals surface area contributed by atoms with Gasteiger partial charge in [0.05, 0.1) is 5.75 Å². The van der Waals surface area contributed by atoms with E-state index in [0.29, 0.717) is 11.7 Å². The molecule has 1 fully saturated rings. The summed E-state index contributed by atoms with van der Waals surface area (Å²) < 4.78 is 0. The zero-order valence-corrected chi connectivity index (χ0v) is 14.4. The Morgan fingerprint density at radius 2 is 1.83 bits per heavy atom. The molecule has 0 aromatic heterocycles. The highest BCUT2D eigenvalue weighted by Gasteiger charge is 2.14. The van der Waals surface area contributed by atoms with Gasteiger partial charge in [-0.2, -0.15) is 0 Å². The Balaban J connectivity index is 1.44. The SMILES string of the molecule is O=C(CSCc1cccc2ccccc12)NCC1CCCCC1. The van der Waals surface area contributed by atoms with Gasteiger partial charge < -0.3 is 5.32 Å². The molecule has 0 aliphatic heterocycles. The summed E-state index contributed by atoms with van der Waals surface area (Å²) in [4.78, 5) is 12.0. The van der Waals surface area contributed by atoms with Gasteiger partial charge >= 0.3 is 0 Å². The zero-order chi connectivity index (χ0) is 15.9. The Labute approximate surface area is 143 Å². The van der Waals surface area contributed by atoms with Crippen molar-refractivity contribution in [2.45, 2.75) is 37.9 Å². The minimum atomic E-state index is 0.181. The fraction of sp³-hybridized carbons (Fsp3) is 0.450. The number of hydrogen-bond donors (Lipinski definition) is 1. The van der Waals surface area contributed by atoms with Crippen LogP contribution >= 0.6 is 11.8 Å². The quantitative estimate of drug-likeness (QED) is 0.828. The summed E-state index contributed by atoms with van der Waals surface area (Å²) in [6.45, 7) is 0.869. The number of carbonyl (C=O) groups excluding carboxylic acids is 1. The van der Waals surface area contributed by atoms with E-state index < -0.39 is 0 Å². The first-order valence-electron chi connectivity index (χ1n) is 8.64. The third-order valence-electron chi connectivity index (χ3n) is 4.68. The van der Waals surface area contributed by atoms with Crippen molar-refractivity contribution in [3.63, 3.8) is 0 Å². The highest BCUT2D eigenvalue weighted by molar-refractivity contribution is 7.99. The molecule has 1 aliphatic rings. The molecule has 0 spiro atoms. The molecule has 0 radical (unpaired) electrons. The molecule has 2 nitrogen and oxygen atoms in total. The van der Waals surface area contributed by atoms with Crippen LogP contribution in [0.4, 0.5) is 0 Å². The van der Waals surface area contributed by atoms with Gasteiger partial charge in [0.1, 0.15) is 0 Å². The van der Waals surface area contributed by atoms with Crippen molar-refractivity contribution in [2.24, 2.45) is 5.92 Å². The van der Waals surface area contributed by atoms with Crippen molar-refractivity contribution in [3.8, 4) is 0 Å². The third-order valence-corrected chi connectivity index (χ3v) is 5.66. The molecule has 1 aliphatic carbocycles. The topological polar surface area (TPSA) is 29.1 Å². The lowest BCUT2D eigenvalue weighted by Crippen LogP contribution is -2.31. The van der Waals surface area contributed by atoms with Crippen LogP contribution in [-0.2, 0) is 10.5 Å². The second kappa shape index (κ2) is 8.39. The van der Waals surface area contributed by atoms with Crippen molar-refractivity contribution in [2.75, 3.05) is 12.3 Å². The Kier molecular flexibility index (Phi) is 5.98. The lowest BCUT2D eigenvalue weighted by atomic mass is 9.89. The van der Waals surface area contributed by atoms with Gasteiger partial charge in [0, 0.05) is 12.3 Å². The van der Waals surface area contributed by atoms with Crippen LogP contribution in [0.15, 0.2) is 42.5 Å². The van der Waals surface area contributed by atoms with Crippen LogP contribution in [0.1, 0.15) is 37.7 Å². The molecule has 3 rings (SSSR count). The molecule has 1 amide bonds. The van der Waals surface area contributed by atoms with Crippen molar-refractivity contribution in [3.05, 3.63) is 48.0 Å². The van der Waals surface area contributed by atoms with E-state index in [1.165, 1.54) is 48.4 Å². The molecule has 0 saturated heterocycles. The monoisotopic (exact) mass is 327 g/mol. The van der Waals surface area contributed by atoms with E-state index in [-0.39, 0.29) is 5.91 Å². The molecule has 0 heterocycles. The van der Waals surface area contributed by atoms with E-state index in [9.17, 15) is 4.79 Å². The molecule has 2 aromatic rings. The average Bonchev–Trinajstić information content (AvgIpc) is 2.61. The van der Waals surface area contributed by atoms with Crippen molar-refractivity contribution in [1.29, 1.82) is 0 Å².